The van der Waals surface area contributed by atoms with Crippen molar-refractivity contribution in [3.05, 3.63) is 65.9 Å². The predicted molar refractivity (Wildman–Crippen MR) is 284 cm³/mol. The van der Waals surface area contributed by atoms with Crippen LogP contribution >= 0.6 is 0 Å². The number of aliphatic hydroxyl groups is 5. The van der Waals surface area contributed by atoms with Crippen LogP contribution in [0.25, 0.3) is 11.3 Å². The molecule has 0 unspecified atom stereocenters. The molecule has 5 heterocycles. The Labute approximate surface area is 445 Å². The molecule has 1 aromatic heterocycles. The molecule has 18 atom stereocenters. The third-order valence-corrected chi connectivity index (χ3v) is 17.1. The standard InChI is InChI=1S/C57H90N6O12/c1-14-46-57(10,69)50(65)38(6)60(11)31-34(2)29-55(8,68)52(36(4)49(37(5)53(67)73-46)74-47-30-56(9,70-13)51(66)39(7)72-47)75-54-48(64)45(28-35(3)71-54)61(12)32-40-20-22-41(23-21-40)43-33-63(59-58-43)26-17-25-62-27-24-42-18-15-16-19-44(42)62/h15-16,18-23,33-39,45-52,54,64-66,68-69H,14,17,24-32H2,1-13H3/t34-,35-,36+,37-,38-,39+,45+,46-,47+,48-,49+,50-,51+,52-,54+,55-,56-,57-/m1/s1. The molecule has 7 rings (SSSR count). The van der Waals surface area contributed by atoms with Gasteiger partial charge in [0.05, 0.1) is 47.7 Å². The van der Waals surface area contributed by atoms with E-state index < -0.39 is 102 Å². The summed E-state index contributed by atoms with van der Waals surface area (Å²) in [6, 6.07) is 15.9. The molecule has 0 radical (unpaired) electrons. The minimum absolute atomic E-state index is 0.109. The summed E-state index contributed by atoms with van der Waals surface area (Å²) in [7, 11) is 5.33. The SMILES string of the molecule is CC[C@H]1OC(=O)[C@H](C)[C@@H](O[C@H]2C[C@@](C)(OC)[C@@H](O)[C@H](C)O2)[C@H](C)[C@@H](O[C@@H]2O[C@H](C)C[C@H](N(C)Cc3ccc(-c4cn(CCCN5CCc6ccccc65)nn4)cc3)[C@H]2O)[C@](C)(O)C[C@@H](C)CN(C)[C@H](C)[C@@H](O)[C@]1(C)O. The number of likely N-dealkylation sites (N-methyl/N-ethyl adjacent to an activating group) is 2. The van der Waals surface area contributed by atoms with Crippen molar-refractivity contribution in [3.8, 4) is 11.3 Å². The summed E-state index contributed by atoms with van der Waals surface area (Å²) in [5.74, 6) is -2.75. The summed E-state index contributed by atoms with van der Waals surface area (Å²) in [5, 5.41) is 68.9. The van der Waals surface area contributed by atoms with Crippen LogP contribution in [-0.4, -0.2) is 187 Å². The monoisotopic (exact) mass is 1050 g/mol. The number of esters is 1. The molecule has 75 heavy (non-hydrogen) atoms. The van der Waals surface area contributed by atoms with Crippen LogP contribution in [0.2, 0.25) is 0 Å². The number of anilines is 1. The molecule has 0 amide bonds. The summed E-state index contributed by atoms with van der Waals surface area (Å²) in [6.45, 7) is 21.4. The second-order valence-electron chi connectivity index (χ2n) is 23.4. The van der Waals surface area contributed by atoms with Crippen molar-refractivity contribution in [2.24, 2.45) is 17.8 Å². The Kier molecular flexibility index (Phi) is 19.4. The highest BCUT2D eigenvalue weighted by Gasteiger charge is 2.53. The summed E-state index contributed by atoms with van der Waals surface area (Å²) in [4.78, 5) is 21.0. The van der Waals surface area contributed by atoms with E-state index in [1.807, 2.05) is 69.7 Å². The molecule has 0 aliphatic carbocycles. The average molecular weight is 1050 g/mol. The molecule has 0 bridgehead atoms. The second kappa shape index (κ2) is 24.6. The molecule has 420 valence electrons. The number of aliphatic hydroxyl groups excluding tert-OH is 3. The topological polar surface area (TPSA) is 214 Å². The third kappa shape index (κ3) is 13.5. The Bertz CT molecular complexity index is 2300. The maximum atomic E-state index is 14.5. The van der Waals surface area contributed by atoms with E-state index in [4.69, 9.17) is 28.4 Å². The van der Waals surface area contributed by atoms with Crippen molar-refractivity contribution in [2.45, 2.75) is 211 Å². The number of benzene rings is 2. The zero-order chi connectivity index (χ0) is 54.7. The Morgan fingerprint density at radius 3 is 2.31 bits per heavy atom. The number of para-hydroxylation sites is 1. The van der Waals surface area contributed by atoms with Gasteiger partial charge < -0.3 is 63.8 Å². The number of nitrogens with zero attached hydrogens (tertiary/aromatic N) is 6. The largest absolute Gasteiger partial charge is 0.459 e. The van der Waals surface area contributed by atoms with Gasteiger partial charge in [-0.15, -0.1) is 5.10 Å². The summed E-state index contributed by atoms with van der Waals surface area (Å²) in [5.41, 5.74) is 1.02. The highest BCUT2D eigenvalue weighted by Crippen LogP contribution is 2.41. The molecule has 18 heteroatoms. The number of aromatic nitrogens is 3. The van der Waals surface area contributed by atoms with Crippen molar-refractivity contribution >= 4 is 11.7 Å². The van der Waals surface area contributed by atoms with Gasteiger partial charge in [-0.1, -0.05) is 68.4 Å². The molecule has 0 spiro atoms. The normalized spacial score (nSPS) is 38.7. The molecule has 2 aromatic carbocycles. The fourth-order valence-electron chi connectivity index (χ4n) is 12.4. The van der Waals surface area contributed by atoms with E-state index in [1.54, 1.807) is 34.6 Å². The van der Waals surface area contributed by atoms with Crippen LogP contribution in [0.5, 0.6) is 0 Å². The molecule has 18 nitrogen and oxygen atoms in total. The highest BCUT2D eigenvalue weighted by molar-refractivity contribution is 5.73. The smallest absolute Gasteiger partial charge is 0.311 e. The van der Waals surface area contributed by atoms with E-state index in [2.05, 4.69) is 56.5 Å². The molecular weight excluding hydrogens is 961 g/mol. The van der Waals surface area contributed by atoms with E-state index in [0.29, 0.717) is 19.5 Å². The van der Waals surface area contributed by atoms with Gasteiger partial charge in [0.15, 0.2) is 12.6 Å². The molecule has 3 fully saturated rings. The van der Waals surface area contributed by atoms with Crippen LogP contribution in [0.1, 0.15) is 112 Å². The van der Waals surface area contributed by atoms with Crippen molar-refractivity contribution in [1.82, 2.24) is 24.8 Å². The van der Waals surface area contributed by atoms with Crippen LogP contribution in [0.4, 0.5) is 5.69 Å². The molecule has 5 N–H and O–H groups in total. The Morgan fingerprint density at radius 1 is 0.907 bits per heavy atom. The van der Waals surface area contributed by atoms with Gasteiger partial charge in [-0.3, -0.25) is 14.4 Å². The maximum absolute atomic E-state index is 14.5. The van der Waals surface area contributed by atoms with Crippen LogP contribution in [0.15, 0.2) is 54.7 Å². The number of carbonyl (C=O) groups excluding carboxylic acids is 1. The molecule has 4 aliphatic heterocycles. The Balaban J connectivity index is 1.10. The van der Waals surface area contributed by atoms with Crippen molar-refractivity contribution in [3.63, 3.8) is 0 Å². The highest BCUT2D eigenvalue weighted by atomic mass is 16.7. The van der Waals surface area contributed by atoms with Gasteiger partial charge in [0.25, 0.3) is 0 Å². The summed E-state index contributed by atoms with van der Waals surface area (Å²) in [6.07, 6.45) is -4.89. The first-order chi connectivity index (χ1) is 35.4. The molecule has 3 saturated heterocycles. The number of methoxy groups -OCH3 is 1. The molecular formula is C57H90N6O12. The number of hydrogen-bond acceptors (Lipinski definition) is 17. The minimum Gasteiger partial charge on any atom is -0.459 e. The van der Waals surface area contributed by atoms with E-state index >= 15 is 0 Å². The van der Waals surface area contributed by atoms with E-state index in [1.165, 1.54) is 25.3 Å². The minimum atomic E-state index is -1.83. The number of cyclic esters (lactones) is 1. The maximum Gasteiger partial charge on any atom is 0.311 e. The average Bonchev–Trinajstić information content (AvgIpc) is 4.02. The number of carbonyl (C=O) groups is 1. The first kappa shape index (κ1) is 59.0. The molecule has 0 saturated carbocycles. The first-order valence-corrected chi connectivity index (χ1v) is 27.5. The lowest BCUT2D eigenvalue weighted by Crippen LogP contribution is -2.60. The lowest BCUT2D eigenvalue weighted by Gasteiger charge is -2.49. The second-order valence-corrected chi connectivity index (χ2v) is 23.4. The zero-order valence-corrected chi connectivity index (χ0v) is 46.9. The van der Waals surface area contributed by atoms with Gasteiger partial charge in [0, 0.05) is 75.5 Å². The lowest BCUT2D eigenvalue weighted by atomic mass is 9.77. The van der Waals surface area contributed by atoms with Gasteiger partial charge in [-0.05, 0) is 118 Å². The van der Waals surface area contributed by atoms with Crippen LogP contribution in [-0.2, 0) is 52.7 Å². The van der Waals surface area contributed by atoms with Gasteiger partial charge in [-0.25, -0.2) is 0 Å². The van der Waals surface area contributed by atoms with Crippen LogP contribution in [0, 0.1) is 17.8 Å². The summed E-state index contributed by atoms with van der Waals surface area (Å²) < 4.78 is 40.4. The number of hydrogen-bond donors (Lipinski definition) is 5. The zero-order valence-electron chi connectivity index (χ0n) is 46.9. The van der Waals surface area contributed by atoms with Gasteiger partial charge >= 0.3 is 5.97 Å². The van der Waals surface area contributed by atoms with Crippen LogP contribution in [0.3, 0.4) is 0 Å². The molecule has 4 aliphatic rings. The van der Waals surface area contributed by atoms with Crippen LogP contribution < -0.4 is 4.90 Å². The number of rotatable bonds is 14. The fourth-order valence-corrected chi connectivity index (χ4v) is 12.4. The van der Waals surface area contributed by atoms with Gasteiger partial charge in [0.2, 0.25) is 0 Å². The third-order valence-electron chi connectivity index (χ3n) is 17.1. The number of fused-ring (bicyclic) bond motifs is 1. The Morgan fingerprint density at radius 2 is 1.61 bits per heavy atom. The van der Waals surface area contributed by atoms with E-state index in [-0.39, 0.29) is 31.3 Å². The Hall–Kier alpha value is -3.63. The van der Waals surface area contributed by atoms with Gasteiger partial charge in [-0.2, -0.15) is 0 Å². The number of ether oxygens (including phenoxy) is 6. The lowest BCUT2D eigenvalue weighted by molar-refractivity contribution is -0.318. The summed E-state index contributed by atoms with van der Waals surface area (Å²) >= 11 is 0. The van der Waals surface area contributed by atoms with Gasteiger partial charge in [0.1, 0.15) is 35.7 Å². The fraction of sp³-hybridized carbons (Fsp3) is 0.737. The molecule has 3 aromatic rings. The quantitative estimate of drug-likeness (QED) is 0.132. The van der Waals surface area contributed by atoms with Crippen molar-refractivity contribution in [1.29, 1.82) is 0 Å². The van der Waals surface area contributed by atoms with E-state index in [0.717, 1.165) is 49.3 Å². The van der Waals surface area contributed by atoms with Crippen molar-refractivity contribution < 1.29 is 58.7 Å². The van der Waals surface area contributed by atoms with E-state index in [9.17, 15) is 30.3 Å². The number of aryl methyl sites for hydroxylation is 1. The first-order valence-electron chi connectivity index (χ1n) is 27.5. The van der Waals surface area contributed by atoms with Crippen molar-refractivity contribution in [2.75, 3.05) is 45.7 Å². The predicted octanol–water partition coefficient (Wildman–Crippen LogP) is 5.18.